The predicted octanol–water partition coefficient (Wildman–Crippen LogP) is -11.4. The van der Waals surface area contributed by atoms with Crippen LogP contribution in [0, 0.1) is 0 Å². The quantitative estimate of drug-likeness (QED) is 0.305. The molecule has 0 saturated heterocycles. The molecule has 0 fully saturated rings. The molecule has 0 spiro atoms. The van der Waals surface area contributed by atoms with Crippen molar-refractivity contribution in [1.29, 1.82) is 0 Å². The first-order valence-corrected chi connectivity index (χ1v) is 3.20. The van der Waals surface area contributed by atoms with Crippen molar-refractivity contribution in [2.45, 2.75) is 0 Å². The largest absolute Gasteiger partial charge is 3.00 e. The summed E-state index contributed by atoms with van der Waals surface area (Å²) in [6.07, 6.45) is 0. The van der Waals surface area contributed by atoms with Crippen LogP contribution in [0.1, 0.15) is 0 Å². The second-order valence-electron chi connectivity index (χ2n) is 1.72. The van der Waals surface area contributed by atoms with Gasteiger partial charge in [0.05, 0.1) is 35.8 Å². The number of carboxylic acids is 6. The summed E-state index contributed by atoms with van der Waals surface area (Å²) in [6.45, 7) is 0. The molecule has 13 nitrogen and oxygen atoms in total. The maximum absolute atomic E-state index is 8.93. The molecule has 0 aliphatic heterocycles. The Morgan fingerprint density at radius 2 is 0.429 bits per heavy atom. The summed E-state index contributed by atoms with van der Waals surface area (Å²) < 4.78 is 0. The molecular formula is C6H2O13Y2. The molecule has 0 aliphatic rings. The van der Waals surface area contributed by atoms with Gasteiger partial charge in [-0.3, -0.25) is 0 Å². The minimum absolute atomic E-state index is 0. The Labute approximate surface area is 165 Å². The van der Waals surface area contributed by atoms with Gasteiger partial charge < -0.3 is 64.9 Å². The van der Waals surface area contributed by atoms with E-state index in [1.54, 1.807) is 0 Å². The van der Waals surface area contributed by atoms with Gasteiger partial charge in [-0.15, -0.1) is 0 Å². The molecule has 0 aromatic rings. The molecule has 0 radical (unpaired) electrons. The summed E-state index contributed by atoms with van der Waals surface area (Å²) in [5, 5.41) is 53.6. The van der Waals surface area contributed by atoms with Gasteiger partial charge in [0.2, 0.25) is 0 Å². The van der Waals surface area contributed by atoms with Crippen molar-refractivity contribution in [2.75, 3.05) is 0 Å². The Bertz CT molecular complexity index is 282. The molecule has 0 amide bonds. The van der Waals surface area contributed by atoms with Gasteiger partial charge in [-0.2, -0.15) is 0 Å². The van der Waals surface area contributed by atoms with Crippen LogP contribution in [0.25, 0.3) is 0 Å². The molecule has 2 N–H and O–H groups in total. The van der Waals surface area contributed by atoms with E-state index in [0.29, 0.717) is 0 Å². The SMILES string of the molecule is O.O=C([O-])C(=O)[O-].O=C([O-])C(=O)[O-].O=C([O-])C(=O)[O-].[Y+3].[Y+3]. The topological polar surface area (TPSA) is 272 Å². The molecule has 15 heteroatoms. The Morgan fingerprint density at radius 1 is 0.381 bits per heavy atom. The smallest absolute Gasteiger partial charge is 0.543 e. The third kappa shape index (κ3) is 45.4. The third-order valence-electron chi connectivity index (χ3n) is 0.500. The molecule has 0 unspecified atom stereocenters. The van der Waals surface area contributed by atoms with E-state index in [0.717, 1.165) is 0 Å². The van der Waals surface area contributed by atoms with Crippen molar-refractivity contribution in [1.82, 2.24) is 0 Å². The molecule has 0 aromatic carbocycles. The zero-order chi connectivity index (χ0) is 15.5. The zero-order valence-corrected chi connectivity index (χ0v) is 15.2. The van der Waals surface area contributed by atoms with Crippen molar-refractivity contribution < 1.29 is 130 Å². The number of aliphatic carboxylic acids is 6. The summed E-state index contributed by atoms with van der Waals surface area (Å²) in [7, 11) is 0. The molecule has 0 bridgehead atoms. The van der Waals surface area contributed by atoms with Crippen LogP contribution in [-0.2, 0) is 94.2 Å². The fraction of sp³-hybridized carbons (Fsp3) is 0. The van der Waals surface area contributed by atoms with Gasteiger partial charge in [0.1, 0.15) is 0 Å². The monoisotopic (exact) mass is 460 g/mol. The molecular weight excluding hydrogens is 458 g/mol. The molecule has 0 rings (SSSR count). The summed E-state index contributed by atoms with van der Waals surface area (Å²) >= 11 is 0. The van der Waals surface area contributed by atoms with E-state index in [1.165, 1.54) is 0 Å². The Morgan fingerprint density at radius 3 is 0.429 bits per heavy atom. The number of carbonyl (C=O) groups excluding carboxylic acids is 6. The van der Waals surface area contributed by atoms with Crippen LogP contribution < -0.4 is 30.6 Å². The van der Waals surface area contributed by atoms with Crippen LogP contribution in [0.2, 0.25) is 0 Å². The zero-order valence-electron chi connectivity index (χ0n) is 9.55. The fourth-order valence-corrected chi connectivity index (χ4v) is 0. The molecule has 21 heavy (non-hydrogen) atoms. The van der Waals surface area contributed by atoms with E-state index in [4.69, 9.17) is 59.4 Å². The van der Waals surface area contributed by atoms with Gasteiger partial charge in [0, 0.05) is 0 Å². The van der Waals surface area contributed by atoms with Crippen molar-refractivity contribution in [3.05, 3.63) is 0 Å². The van der Waals surface area contributed by atoms with E-state index in [9.17, 15) is 0 Å². The van der Waals surface area contributed by atoms with Crippen LogP contribution in [0.4, 0.5) is 0 Å². The molecule has 0 aliphatic carbocycles. The van der Waals surface area contributed by atoms with E-state index in [1.807, 2.05) is 0 Å². The maximum atomic E-state index is 8.93. The predicted molar refractivity (Wildman–Crippen MR) is 33.7 cm³/mol. The van der Waals surface area contributed by atoms with Gasteiger partial charge in [0.15, 0.2) is 0 Å². The van der Waals surface area contributed by atoms with Crippen molar-refractivity contribution in [2.24, 2.45) is 0 Å². The number of rotatable bonds is 0. The van der Waals surface area contributed by atoms with Crippen LogP contribution >= 0.6 is 0 Å². The number of carboxylic acid groups (broad SMARTS) is 6. The Kier molecular flexibility index (Phi) is 37.3. The van der Waals surface area contributed by atoms with E-state index < -0.39 is 35.8 Å². The summed E-state index contributed by atoms with van der Waals surface area (Å²) in [5.41, 5.74) is 0. The van der Waals surface area contributed by atoms with Gasteiger partial charge in [-0.1, -0.05) is 0 Å². The van der Waals surface area contributed by atoms with Gasteiger partial charge in [0.25, 0.3) is 0 Å². The minimum Gasteiger partial charge on any atom is -0.543 e. The molecule has 0 heterocycles. The van der Waals surface area contributed by atoms with Crippen molar-refractivity contribution >= 4 is 35.8 Å². The standard InChI is InChI=1S/3C2H2O4.H2O.2Y/c3*3-1(4)2(5)6;;;/h3*(H,3,4)(H,5,6);1H2;;/q;;;;2*+3/p-6. The van der Waals surface area contributed by atoms with Crippen LogP contribution in [0.5, 0.6) is 0 Å². The normalized spacial score (nSPS) is 6.29. The van der Waals surface area contributed by atoms with Crippen LogP contribution in [-0.4, -0.2) is 41.3 Å². The maximum Gasteiger partial charge on any atom is 3.00 e. The van der Waals surface area contributed by atoms with Crippen LogP contribution in [0.3, 0.4) is 0 Å². The van der Waals surface area contributed by atoms with E-state index in [2.05, 4.69) is 0 Å². The molecule has 0 aromatic heterocycles. The second-order valence-corrected chi connectivity index (χ2v) is 1.72. The third-order valence-corrected chi connectivity index (χ3v) is 0.500. The van der Waals surface area contributed by atoms with Gasteiger partial charge in [-0.05, 0) is 0 Å². The number of hydrogen-bond donors (Lipinski definition) is 0. The first kappa shape index (κ1) is 36.8. The van der Waals surface area contributed by atoms with Crippen molar-refractivity contribution in [3.63, 3.8) is 0 Å². The first-order valence-electron chi connectivity index (χ1n) is 3.20. The number of hydrogen-bond acceptors (Lipinski definition) is 12. The minimum atomic E-state index is -2.19. The van der Waals surface area contributed by atoms with Crippen LogP contribution in [0.15, 0.2) is 0 Å². The Hall–Kier alpha value is -1.01. The summed E-state index contributed by atoms with van der Waals surface area (Å²) in [4.78, 5) is 53.6. The Balaban J connectivity index is -0.0000000375. The average Bonchev–Trinajstić information content (AvgIpc) is 2.18. The van der Waals surface area contributed by atoms with Gasteiger partial charge >= 0.3 is 65.4 Å². The first-order chi connectivity index (χ1) is 7.93. The molecule has 110 valence electrons. The number of carbonyl (C=O) groups is 6. The molecule has 0 atom stereocenters. The molecule has 0 saturated carbocycles. The second kappa shape index (κ2) is 21.3. The van der Waals surface area contributed by atoms with E-state index in [-0.39, 0.29) is 70.9 Å². The van der Waals surface area contributed by atoms with Gasteiger partial charge in [-0.25, -0.2) is 0 Å². The summed E-state index contributed by atoms with van der Waals surface area (Å²) in [5.74, 6) is -13.1. The fourth-order valence-electron chi connectivity index (χ4n) is 0. The average molecular weight is 460 g/mol. The van der Waals surface area contributed by atoms with E-state index >= 15 is 0 Å². The van der Waals surface area contributed by atoms with Crippen molar-refractivity contribution in [3.8, 4) is 0 Å². The summed E-state index contributed by atoms with van der Waals surface area (Å²) in [6, 6.07) is 0.